The van der Waals surface area contributed by atoms with E-state index in [1.807, 2.05) is 0 Å². The molecule has 2 aliphatic heterocycles. The predicted molar refractivity (Wildman–Crippen MR) is 104 cm³/mol. The number of hydrogen-bond donors (Lipinski definition) is 0. The molecule has 0 N–H and O–H groups in total. The summed E-state index contributed by atoms with van der Waals surface area (Å²) in [5, 5.41) is 0. The van der Waals surface area contributed by atoms with Crippen LogP contribution in [-0.4, -0.2) is 38.5 Å². The Balaban J connectivity index is 2.03. The monoisotopic (exact) mass is 337 g/mol. The second-order valence-electron chi connectivity index (χ2n) is 7.59. The minimum Gasteiger partial charge on any atom is -0.409 e. The summed E-state index contributed by atoms with van der Waals surface area (Å²) in [4.78, 5) is 2.70. The van der Waals surface area contributed by atoms with Crippen LogP contribution in [0, 0.1) is 0 Å². The van der Waals surface area contributed by atoms with Crippen LogP contribution in [-0.2, 0) is 4.43 Å². The van der Waals surface area contributed by atoms with Gasteiger partial charge in [0.25, 0.3) is 0 Å². The highest BCUT2D eigenvalue weighted by atomic mass is 28.4. The summed E-state index contributed by atoms with van der Waals surface area (Å²) in [5.74, 6) is 0. The number of fused-ring (bicyclic) bond motifs is 1. The molecule has 0 aromatic rings. The zero-order chi connectivity index (χ0) is 16.7. The van der Waals surface area contributed by atoms with Crippen LogP contribution < -0.4 is 0 Å². The van der Waals surface area contributed by atoms with Crippen molar-refractivity contribution in [3.05, 3.63) is 11.6 Å². The van der Waals surface area contributed by atoms with Gasteiger partial charge in [-0.1, -0.05) is 53.0 Å². The van der Waals surface area contributed by atoms with Crippen molar-refractivity contribution in [3.8, 4) is 0 Å². The Hall–Kier alpha value is -0.123. The summed E-state index contributed by atoms with van der Waals surface area (Å²) in [6.45, 7) is 11.8. The lowest BCUT2D eigenvalue weighted by atomic mass is 10.0. The lowest BCUT2D eigenvalue weighted by Crippen LogP contribution is -2.44. The SMILES string of the molecule is CCCCCC/C=C1/CN2CCC[C@H]2[C@@H]1O[Si](CC)(CC)CC. The first-order chi connectivity index (χ1) is 11.2. The standard InChI is InChI=1S/C20H39NOSi/c1-5-9-10-11-12-14-18-17-21-16-13-15-19(21)20(18)22-23(6-2,7-3)8-4/h14,19-20H,5-13,15-17H2,1-4H3/b18-14-/t19-,20+/m0/s1. The van der Waals surface area contributed by atoms with E-state index in [9.17, 15) is 0 Å². The fraction of sp³-hybridized carbons (Fsp3) is 0.900. The summed E-state index contributed by atoms with van der Waals surface area (Å²) >= 11 is 0. The summed E-state index contributed by atoms with van der Waals surface area (Å²) in [6.07, 6.45) is 12.4. The minimum atomic E-state index is -1.51. The molecule has 0 aromatic carbocycles. The second kappa shape index (κ2) is 9.38. The maximum absolute atomic E-state index is 6.98. The van der Waals surface area contributed by atoms with E-state index in [0.717, 1.165) is 0 Å². The largest absolute Gasteiger partial charge is 0.409 e. The van der Waals surface area contributed by atoms with Crippen LogP contribution >= 0.6 is 0 Å². The summed E-state index contributed by atoms with van der Waals surface area (Å²) in [6, 6.07) is 4.50. The number of allylic oxidation sites excluding steroid dienone is 1. The smallest absolute Gasteiger partial charge is 0.192 e. The van der Waals surface area contributed by atoms with Gasteiger partial charge in [0.1, 0.15) is 0 Å². The van der Waals surface area contributed by atoms with Crippen LogP contribution in [0.1, 0.15) is 72.6 Å². The van der Waals surface area contributed by atoms with Gasteiger partial charge in [-0.15, -0.1) is 0 Å². The molecule has 2 atom stereocenters. The topological polar surface area (TPSA) is 12.5 Å². The molecule has 2 rings (SSSR count). The van der Waals surface area contributed by atoms with Crippen LogP contribution in [0.2, 0.25) is 18.1 Å². The quantitative estimate of drug-likeness (QED) is 0.286. The van der Waals surface area contributed by atoms with Crippen molar-refractivity contribution in [2.45, 2.75) is 103 Å². The summed E-state index contributed by atoms with van der Waals surface area (Å²) < 4.78 is 6.98. The van der Waals surface area contributed by atoms with E-state index in [1.165, 1.54) is 76.2 Å². The molecule has 0 bridgehead atoms. The molecule has 134 valence electrons. The van der Waals surface area contributed by atoms with Crippen molar-refractivity contribution in [1.29, 1.82) is 0 Å². The molecular weight excluding hydrogens is 298 g/mol. The maximum Gasteiger partial charge on any atom is 0.192 e. The molecule has 0 amide bonds. The maximum atomic E-state index is 6.98. The van der Waals surface area contributed by atoms with E-state index < -0.39 is 8.32 Å². The van der Waals surface area contributed by atoms with E-state index in [0.29, 0.717) is 12.1 Å². The molecule has 0 aromatic heterocycles. The van der Waals surface area contributed by atoms with Gasteiger partial charge in [-0.3, -0.25) is 4.90 Å². The van der Waals surface area contributed by atoms with E-state index in [1.54, 1.807) is 5.57 Å². The summed E-state index contributed by atoms with van der Waals surface area (Å²) in [5.41, 5.74) is 1.62. The zero-order valence-electron chi connectivity index (χ0n) is 16.1. The van der Waals surface area contributed by atoms with Crippen LogP contribution in [0.25, 0.3) is 0 Å². The Morgan fingerprint density at radius 2 is 1.83 bits per heavy atom. The van der Waals surface area contributed by atoms with Crippen molar-refractivity contribution in [2.75, 3.05) is 13.1 Å². The summed E-state index contributed by atoms with van der Waals surface area (Å²) in [7, 11) is -1.51. The van der Waals surface area contributed by atoms with Gasteiger partial charge in [0.15, 0.2) is 8.32 Å². The lowest BCUT2D eigenvalue weighted by molar-refractivity contribution is 0.162. The van der Waals surface area contributed by atoms with Crippen molar-refractivity contribution >= 4 is 8.32 Å². The van der Waals surface area contributed by atoms with Crippen molar-refractivity contribution in [2.24, 2.45) is 0 Å². The van der Waals surface area contributed by atoms with Gasteiger partial charge >= 0.3 is 0 Å². The van der Waals surface area contributed by atoms with Gasteiger partial charge in [0.2, 0.25) is 0 Å². The molecule has 0 spiro atoms. The number of unbranched alkanes of at least 4 members (excludes halogenated alkanes) is 4. The van der Waals surface area contributed by atoms with Crippen LogP contribution in [0.15, 0.2) is 11.6 Å². The molecule has 0 aliphatic carbocycles. The molecule has 3 heteroatoms. The fourth-order valence-corrected chi connectivity index (χ4v) is 7.27. The van der Waals surface area contributed by atoms with Crippen molar-refractivity contribution in [1.82, 2.24) is 4.90 Å². The molecule has 0 saturated carbocycles. The third-order valence-electron chi connectivity index (χ3n) is 6.29. The van der Waals surface area contributed by atoms with E-state index in [4.69, 9.17) is 4.43 Å². The van der Waals surface area contributed by atoms with Crippen LogP contribution in [0.3, 0.4) is 0 Å². The van der Waals surface area contributed by atoms with Crippen LogP contribution in [0.5, 0.6) is 0 Å². The molecule has 23 heavy (non-hydrogen) atoms. The molecular formula is C20H39NOSi. The first-order valence-electron chi connectivity index (χ1n) is 10.3. The Kier molecular flexibility index (Phi) is 7.84. The highest BCUT2D eigenvalue weighted by Gasteiger charge is 2.44. The van der Waals surface area contributed by atoms with Crippen molar-refractivity contribution in [3.63, 3.8) is 0 Å². The second-order valence-corrected chi connectivity index (χ2v) is 12.3. The van der Waals surface area contributed by atoms with Gasteiger partial charge in [0.05, 0.1) is 6.10 Å². The van der Waals surface area contributed by atoms with E-state index >= 15 is 0 Å². The highest BCUT2D eigenvalue weighted by Crippen LogP contribution is 2.37. The molecule has 2 nitrogen and oxygen atoms in total. The molecule has 2 fully saturated rings. The normalized spacial score (nSPS) is 27.0. The Labute approximate surface area is 145 Å². The lowest BCUT2D eigenvalue weighted by Gasteiger charge is -2.34. The van der Waals surface area contributed by atoms with Crippen LogP contribution in [0.4, 0.5) is 0 Å². The number of hydrogen-bond acceptors (Lipinski definition) is 2. The van der Waals surface area contributed by atoms with E-state index in [2.05, 4.69) is 38.7 Å². The zero-order valence-corrected chi connectivity index (χ0v) is 17.1. The van der Waals surface area contributed by atoms with E-state index in [-0.39, 0.29) is 0 Å². The Morgan fingerprint density at radius 1 is 1.09 bits per heavy atom. The highest BCUT2D eigenvalue weighted by molar-refractivity contribution is 6.73. The number of nitrogens with zero attached hydrogens (tertiary/aromatic N) is 1. The fourth-order valence-electron chi connectivity index (χ4n) is 4.43. The predicted octanol–water partition coefficient (Wildman–Crippen LogP) is 5.75. The molecule has 2 heterocycles. The Bertz CT molecular complexity index is 370. The average Bonchev–Trinajstić information content (AvgIpc) is 3.15. The van der Waals surface area contributed by atoms with Gasteiger partial charge < -0.3 is 4.43 Å². The Morgan fingerprint density at radius 3 is 2.48 bits per heavy atom. The minimum absolute atomic E-state index is 0.426. The van der Waals surface area contributed by atoms with Gasteiger partial charge in [-0.25, -0.2) is 0 Å². The molecule has 2 saturated heterocycles. The van der Waals surface area contributed by atoms with Gasteiger partial charge in [-0.05, 0) is 55.9 Å². The third-order valence-corrected chi connectivity index (χ3v) is 10.9. The molecule has 0 radical (unpaired) electrons. The molecule has 0 unspecified atom stereocenters. The van der Waals surface area contributed by atoms with Gasteiger partial charge in [0, 0.05) is 12.6 Å². The third kappa shape index (κ3) is 4.70. The number of rotatable bonds is 10. The van der Waals surface area contributed by atoms with Crippen molar-refractivity contribution < 1.29 is 4.43 Å². The average molecular weight is 338 g/mol. The first-order valence-corrected chi connectivity index (χ1v) is 12.8. The molecule has 2 aliphatic rings. The first kappa shape index (κ1) is 19.2. The van der Waals surface area contributed by atoms with Gasteiger partial charge in [-0.2, -0.15) is 0 Å².